The van der Waals surface area contributed by atoms with Gasteiger partial charge in [0.05, 0.1) is 0 Å². The van der Waals surface area contributed by atoms with E-state index in [1.165, 1.54) is 90.0 Å². The summed E-state index contributed by atoms with van der Waals surface area (Å²) in [5.74, 6) is 0. The van der Waals surface area contributed by atoms with E-state index in [9.17, 15) is 0 Å². The Hall–Kier alpha value is -0.660. The van der Waals surface area contributed by atoms with Gasteiger partial charge in [0, 0.05) is 26.0 Å². The molecule has 0 N–H and O–H groups in total. The minimum atomic E-state index is 0.619. The second-order valence-electron chi connectivity index (χ2n) is 7.01. The van der Waals surface area contributed by atoms with E-state index >= 15 is 0 Å². The maximum Gasteiger partial charge on any atom is 0.100 e. The molecule has 2 heteroatoms. The molecule has 0 saturated heterocycles. The largest absolute Gasteiger partial charge is 0.359 e. The quantitative estimate of drug-likeness (QED) is 0.355. The van der Waals surface area contributed by atoms with Crippen LogP contribution in [0.1, 0.15) is 97.3 Å². The summed E-state index contributed by atoms with van der Waals surface area (Å²) in [4.78, 5) is 4.90. The third kappa shape index (κ3) is 8.10. The molecule has 0 aliphatic carbocycles. The van der Waals surface area contributed by atoms with Gasteiger partial charge in [0.1, 0.15) is 6.17 Å². The maximum atomic E-state index is 2.54. The number of hydrogen-bond donors (Lipinski definition) is 0. The highest BCUT2D eigenvalue weighted by molar-refractivity contribution is 4.95. The van der Waals surface area contributed by atoms with Crippen LogP contribution in [0.2, 0.25) is 0 Å². The van der Waals surface area contributed by atoms with E-state index in [-0.39, 0.29) is 0 Å². The third-order valence-electron chi connectivity index (χ3n) is 4.91. The molecule has 1 aliphatic rings. The molecule has 0 amide bonds. The molecule has 130 valence electrons. The van der Waals surface area contributed by atoms with Crippen molar-refractivity contribution < 1.29 is 0 Å². The Kier molecular flexibility index (Phi) is 11.3. The lowest BCUT2D eigenvalue weighted by Gasteiger charge is -2.30. The fraction of sp³-hybridized carbons (Fsp3) is 0.900. The Morgan fingerprint density at radius 1 is 0.682 bits per heavy atom. The zero-order chi connectivity index (χ0) is 16.0. The summed E-state index contributed by atoms with van der Waals surface area (Å²) < 4.78 is 0. The second-order valence-corrected chi connectivity index (χ2v) is 7.01. The molecule has 0 bridgehead atoms. The Labute approximate surface area is 139 Å². The number of unbranched alkanes of at least 4 members (excludes halogenated alkanes) is 10. The standard InChI is InChI=1S/C20H40N2/c1-4-6-7-8-9-10-11-12-13-14-15-17-22-19-18-21(3)20(22)16-5-2/h18-20H,4-17H2,1-3H3. The predicted octanol–water partition coefficient (Wildman–Crippen LogP) is 6.14. The van der Waals surface area contributed by atoms with Crippen LogP contribution in [-0.2, 0) is 0 Å². The molecule has 0 aromatic rings. The van der Waals surface area contributed by atoms with Crippen molar-refractivity contribution in [3.05, 3.63) is 12.4 Å². The van der Waals surface area contributed by atoms with E-state index in [1.807, 2.05) is 0 Å². The molecule has 1 rings (SSSR count). The van der Waals surface area contributed by atoms with E-state index in [2.05, 4.69) is 43.1 Å². The van der Waals surface area contributed by atoms with Gasteiger partial charge in [-0.05, 0) is 12.8 Å². The molecule has 0 fully saturated rings. The van der Waals surface area contributed by atoms with Gasteiger partial charge in [0.25, 0.3) is 0 Å². The summed E-state index contributed by atoms with van der Waals surface area (Å²) in [6, 6.07) is 0. The first kappa shape index (κ1) is 19.4. The smallest absolute Gasteiger partial charge is 0.100 e. The topological polar surface area (TPSA) is 6.48 Å². The van der Waals surface area contributed by atoms with Crippen LogP contribution in [0.15, 0.2) is 12.4 Å². The summed E-state index contributed by atoms with van der Waals surface area (Å²) in [6.07, 6.45) is 23.4. The highest BCUT2D eigenvalue weighted by Gasteiger charge is 2.21. The Morgan fingerprint density at radius 2 is 1.23 bits per heavy atom. The van der Waals surface area contributed by atoms with E-state index in [0.717, 1.165) is 0 Å². The highest BCUT2D eigenvalue weighted by atomic mass is 15.4. The third-order valence-corrected chi connectivity index (χ3v) is 4.91. The highest BCUT2D eigenvalue weighted by Crippen LogP contribution is 2.19. The van der Waals surface area contributed by atoms with E-state index in [1.54, 1.807) is 0 Å². The van der Waals surface area contributed by atoms with Crippen LogP contribution in [0.4, 0.5) is 0 Å². The van der Waals surface area contributed by atoms with Crippen molar-refractivity contribution in [2.24, 2.45) is 0 Å². The Morgan fingerprint density at radius 3 is 1.77 bits per heavy atom. The number of rotatable bonds is 14. The van der Waals surface area contributed by atoms with Crippen LogP contribution >= 0.6 is 0 Å². The van der Waals surface area contributed by atoms with Gasteiger partial charge in [0.15, 0.2) is 0 Å². The lowest BCUT2D eigenvalue weighted by Crippen LogP contribution is -2.36. The van der Waals surface area contributed by atoms with Crippen LogP contribution < -0.4 is 0 Å². The van der Waals surface area contributed by atoms with E-state index < -0.39 is 0 Å². The molecule has 1 atom stereocenters. The molecular formula is C20H40N2. The zero-order valence-electron chi connectivity index (χ0n) is 15.5. The molecule has 0 aromatic carbocycles. The van der Waals surface area contributed by atoms with Gasteiger partial charge < -0.3 is 9.80 Å². The van der Waals surface area contributed by atoms with E-state index in [4.69, 9.17) is 0 Å². The van der Waals surface area contributed by atoms with Gasteiger partial charge in [0.2, 0.25) is 0 Å². The van der Waals surface area contributed by atoms with Crippen LogP contribution in [0.3, 0.4) is 0 Å². The molecule has 2 nitrogen and oxygen atoms in total. The SMILES string of the molecule is CCCCCCCCCCCCCN1C=CN(C)C1CCC. The van der Waals surface area contributed by atoms with Gasteiger partial charge in [-0.2, -0.15) is 0 Å². The average Bonchev–Trinajstić information content (AvgIpc) is 2.86. The monoisotopic (exact) mass is 308 g/mol. The van der Waals surface area contributed by atoms with E-state index in [0.29, 0.717) is 6.17 Å². The minimum absolute atomic E-state index is 0.619. The van der Waals surface area contributed by atoms with Gasteiger partial charge in [-0.1, -0.05) is 84.5 Å². The van der Waals surface area contributed by atoms with Crippen molar-refractivity contribution in [1.29, 1.82) is 0 Å². The minimum Gasteiger partial charge on any atom is -0.359 e. The Balaban J connectivity index is 1.90. The average molecular weight is 309 g/mol. The van der Waals surface area contributed by atoms with Crippen LogP contribution in [-0.4, -0.2) is 29.6 Å². The van der Waals surface area contributed by atoms with Crippen molar-refractivity contribution >= 4 is 0 Å². The van der Waals surface area contributed by atoms with Gasteiger partial charge in [-0.15, -0.1) is 0 Å². The van der Waals surface area contributed by atoms with Crippen molar-refractivity contribution in [2.75, 3.05) is 13.6 Å². The molecule has 0 aromatic heterocycles. The molecule has 0 saturated carbocycles. The normalized spacial score (nSPS) is 17.7. The van der Waals surface area contributed by atoms with Crippen LogP contribution in [0, 0.1) is 0 Å². The summed E-state index contributed by atoms with van der Waals surface area (Å²) >= 11 is 0. The molecule has 1 heterocycles. The lowest BCUT2D eigenvalue weighted by atomic mass is 10.1. The lowest BCUT2D eigenvalue weighted by molar-refractivity contribution is 0.162. The van der Waals surface area contributed by atoms with Crippen molar-refractivity contribution in [3.63, 3.8) is 0 Å². The first-order chi connectivity index (χ1) is 10.8. The van der Waals surface area contributed by atoms with Crippen LogP contribution in [0.25, 0.3) is 0 Å². The fourth-order valence-electron chi connectivity index (χ4n) is 3.43. The van der Waals surface area contributed by atoms with Crippen LogP contribution in [0.5, 0.6) is 0 Å². The van der Waals surface area contributed by atoms with Crippen molar-refractivity contribution in [3.8, 4) is 0 Å². The van der Waals surface area contributed by atoms with Gasteiger partial charge in [-0.3, -0.25) is 0 Å². The number of hydrogen-bond acceptors (Lipinski definition) is 2. The molecule has 1 aliphatic heterocycles. The molecule has 1 unspecified atom stereocenters. The first-order valence-corrected chi connectivity index (χ1v) is 9.95. The van der Waals surface area contributed by atoms with Crippen molar-refractivity contribution in [2.45, 2.75) is 103 Å². The summed E-state index contributed by atoms with van der Waals surface area (Å²) in [7, 11) is 2.21. The van der Waals surface area contributed by atoms with Crippen molar-refractivity contribution in [1.82, 2.24) is 9.80 Å². The zero-order valence-corrected chi connectivity index (χ0v) is 15.5. The Bertz CT molecular complexity index is 275. The summed E-state index contributed by atoms with van der Waals surface area (Å²) in [5.41, 5.74) is 0. The predicted molar refractivity (Wildman–Crippen MR) is 98.8 cm³/mol. The molecule has 0 spiro atoms. The maximum absolute atomic E-state index is 2.54. The fourth-order valence-corrected chi connectivity index (χ4v) is 3.43. The summed E-state index contributed by atoms with van der Waals surface area (Å²) in [5, 5.41) is 0. The van der Waals surface area contributed by atoms with Gasteiger partial charge in [-0.25, -0.2) is 0 Å². The molecule has 0 radical (unpaired) electrons. The second kappa shape index (κ2) is 12.8. The molecule has 22 heavy (non-hydrogen) atoms. The number of nitrogens with zero attached hydrogens (tertiary/aromatic N) is 2. The molecular weight excluding hydrogens is 268 g/mol. The first-order valence-electron chi connectivity index (χ1n) is 9.95. The summed E-state index contributed by atoms with van der Waals surface area (Å²) in [6.45, 7) is 5.82. The van der Waals surface area contributed by atoms with Gasteiger partial charge >= 0.3 is 0 Å².